The molecule has 0 amide bonds. The number of hydrogen-bond donors (Lipinski definition) is 2. The second-order valence-corrected chi connectivity index (χ2v) is 3.88. The number of aromatic carboxylic acids is 1. The average molecular weight is 217 g/mol. The van der Waals surface area contributed by atoms with E-state index in [4.69, 9.17) is 5.11 Å². The maximum absolute atomic E-state index is 11.0. The van der Waals surface area contributed by atoms with Crippen molar-refractivity contribution in [3.05, 3.63) is 35.0 Å². The Morgan fingerprint density at radius 1 is 1.25 bits per heavy atom. The molecule has 0 aliphatic carbocycles. The molecule has 0 saturated carbocycles. The largest absolute Gasteiger partial charge is 0.478 e. The van der Waals surface area contributed by atoms with E-state index in [0.717, 1.165) is 29.3 Å². The van der Waals surface area contributed by atoms with Crippen LogP contribution in [0.1, 0.15) is 35.3 Å². The quantitative estimate of drug-likeness (QED) is 0.830. The Morgan fingerprint density at radius 2 is 1.94 bits per heavy atom. The predicted octanol–water partition coefficient (Wildman–Crippen LogP) is 2.99. The lowest BCUT2D eigenvalue weighted by Gasteiger charge is -2.03. The standard InChI is InChI=1S/C13H15NO2/c1-3-8-5-10(13(15)16)6-11-9(4-2)7-14-12(8)11/h5-7,14H,3-4H2,1-2H3,(H,15,16). The van der Waals surface area contributed by atoms with Crippen molar-refractivity contribution in [2.75, 3.05) is 0 Å². The highest BCUT2D eigenvalue weighted by atomic mass is 16.4. The first-order valence-electron chi connectivity index (χ1n) is 5.53. The van der Waals surface area contributed by atoms with Crippen LogP contribution in [0, 0.1) is 0 Å². The summed E-state index contributed by atoms with van der Waals surface area (Å²) in [6.07, 6.45) is 3.71. The number of carbonyl (C=O) groups is 1. The van der Waals surface area contributed by atoms with Crippen molar-refractivity contribution in [2.24, 2.45) is 0 Å². The van der Waals surface area contributed by atoms with E-state index in [-0.39, 0.29) is 0 Å². The van der Waals surface area contributed by atoms with E-state index >= 15 is 0 Å². The lowest BCUT2D eigenvalue weighted by Crippen LogP contribution is -1.98. The van der Waals surface area contributed by atoms with Crippen molar-refractivity contribution >= 4 is 16.9 Å². The summed E-state index contributed by atoms with van der Waals surface area (Å²) in [6.45, 7) is 4.11. The second kappa shape index (κ2) is 4.00. The molecule has 0 radical (unpaired) electrons. The number of hydrogen-bond acceptors (Lipinski definition) is 1. The van der Waals surface area contributed by atoms with Gasteiger partial charge in [0.2, 0.25) is 0 Å². The Bertz CT molecular complexity index is 540. The minimum Gasteiger partial charge on any atom is -0.478 e. The van der Waals surface area contributed by atoms with E-state index in [0.29, 0.717) is 5.56 Å². The van der Waals surface area contributed by atoms with Gasteiger partial charge in [-0.15, -0.1) is 0 Å². The summed E-state index contributed by atoms with van der Waals surface area (Å²) < 4.78 is 0. The molecule has 0 aliphatic rings. The molecule has 0 saturated heterocycles. The number of benzene rings is 1. The van der Waals surface area contributed by atoms with Gasteiger partial charge in [0.05, 0.1) is 5.56 Å². The zero-order valence-electron chi connectivity index (χ0n) is 9.50. The van der Waals surface area contributed by atoms with Crippen molar-refractivity contribution in [3.8, 4) is 0 Å². The van der Waals surface area contributed by atoms with Crippen molar-refractivity contribution in [1.82, 2.24) is 4.98 Å². The van der Waals surface area contributed by atoms with Crippen molar-refractivity contribution < 1.29 is 9.90 Å². The third-order valence-corrected chi connectivity index (χ3v) is 2.97. The van der Waals surface area contributed by atoms with Gasteiger partial charge in [0.1, 0.15) is 0 Å². The highest BCUT2D eigenvalue weighted by Gasteiger charge is 2.11. The van der Waals surface area contributed by atoms with Gasteiger partial charge in [0, 0.05) is 17.1 Å². The van der Waals surface area contributed by atoms with Gasteiger partial charge in [-0.3, -0.25) is 0 Å². The molecule has 0 fully saturated rings. The molecule has 0 atom stereocenters. The number of fused-ring (bicyclic) bond motifs is 1. The molecular formula is C13H15NO2. The van der Waals surface area contributed by atoms with Gasteiger partial charge in [-0.1, -0.05) is 13.8 Å². The fourth-order valence-corrected chi connectivity index (χ4v) is 2.06. The topological polar surface area (TPSA) is 53.1 Å². The van der Waals surface area contributed by atoms with Gasteiger partial charge in [-0.05, 0) is 36.1 Å². The van der Waals surface area contributed by atoms with Crippen LogP contribution < -0.4 is 0 Å². The molecule has 1 heterocycles. The molecule has 0 aliphatic heterocycles. The minimum absolute atomic E-state index is 0.374. The maximum Gasteiger partial charge on any atom is 0.335 e. The van der Waals surface area contributed by atoms with Crippen molar-refractivity contribution in [1.29, 1.82) is 0 Å². The SMILES string of the molecule is CCc1c[nH]c2c(CC)cc(C(=O)O)cc12. The van der Waals surface area contributed by atoms with Gasteiger partial charge in [0.15, 0.2) is 0 Å². The lowest BCUT2D eigenvalue weighted by atomic mass is 10.0. The fourth-order valence-electron chi connectivity index (χ4n) is 2.06. The number of carboxylic acids is 1. The zero-order valence-corrected chi connectivity index (χ0v) is 9.50. The van der Waals surface area contributed by atoms with Crippen molar-refractivity contribution in [2.45, 2.75) is 26.7 Å². The number of nitrogens with one attached hydrogen (secondary N) is 1. The van der Waals surface area contributed by atoms with Crippen LogP contribution in [0.3, 0.4) is 0 Å². The summed E-state index contributed by atoms with van der Waals surface area (Å²) in [7, 11) is 0. The summed E-state index contributed by atoms with van der Waals surface area (Å²) in [4.78, 5) is 14.3. The molecule has 3 heteroatoms. The summed E-state index contributed by atoms with van der Waals surface area (Å²) in [6, 6.07) is 3.51. The van der Waals surface area contributed by atoms with Gasteiger partial charge in [-0.2, -0.15) is 0 Å². The molecule has 1 aromatic heterocycles. The molecule has 0 unspecified atom stereocenters. The average Bonchev–Trinajstić information content (AvgIpc) is 2.70. The molecule has 0 spiro atoms. The highest BCUT2D eigenvalue weighted by molar-refractivity contribution is 5.96. The number of aromatic nitrogens is 1. The van der Waals surface area contributed by atoms with Crippen molar-refractivity contribution in [3.63, 3.8) is 0 Å². The van der Waals surface area contributed by atoms with E-state index < -0.39 is 5.97 Å². The zero-order chi connectivity index (χ0) is 11.7. The first kappa shape index (κ1) is 10.7. The Labute approximate surface area is 94.1 Å². The third kappa shape index (κ3) is 1.58. The summed E-state index contributed by atoms with van der Waals surface area (Å²) in [5.41, 5.74) is 3.69. The lowest BCUT2D eigenvalue weighted by molar-refractivity contribution is 0.0697. The fraction of sp³-hybridized carbons (Fsp3) is 0.308. The monoisotopic (exact) mass is 217 g/mol. The van der Waals surface area contributed by atoms with Crippen LogP contribution in [0.2, 0.25) is 0 Å². The van der Waals surface area contributed by atoms with Crippen LogP contribution >= 0.6 is 0 Å². The van der Waals surface area contributed by atoms with Crippen LogP contribution in [0.25, 0.3) is 10.9 Å². The second-order valence-electron chi connectivity index (χ2n) is 3.88. The molecule has 2 N–H and O–H groups in total. The minimum atomic E-state index is -0.861. The van der Waals surface area contributed by atoms with Gasteiger partial charge in [-0.25, -0.2) is 4.79 Å². The van der Waals surface area contributed by atoms with Crippen LogP contribution in [-0.2, 0) is 12.8 Å². The first-order chi connectivity index (χ1) is 7.67. The summed E-state index contributed by atoms with van der Waals surface area (Å²) in [5, 5.41) is 10.1. The number of H-pyrrole nitrogens is 1. The maximum atomic E-state index is 11.0. The summed E-state index contributed by atoms with van der Waals surface area (Å²) >= 11 is 0. The molecular weight excluding hydrogens is 202 g/mol. The molecule has 3 nitrogen and oxygen atoms in total. The molecule has 2 rings (SSSR count). The van der Waals surface area contributed by atoms with Crippen LogP contribution in [0.5, 0.6) is 0 Å². The molecule has 84 valence electrons. The smallest absolute Gasteiger partial charge is 0.335 e. The normalized spacial score (nSPS) is 10.9. The van der Waals surface area contributed by atoms with E-state index in [1.54, 1.807) is 12.1 Å². The Balaban J connectivity index is 2.76. The van der Waals surface area contributed by atoms with Crippen LogP contribution in [0.4, 0.5) is 0 Å². The Hall–Kier alpha value is -1.77. The molecule has 1 aromatic carbocycles. The van der Waals surface area contributed by atoms with E-state index in [2.05, 4.69) is 11.9 Å². The predicted molar refractivity (Wildman–Crippen MR) is 64.0 cm³/mol. The number of aryl methyl sites for hydroxylation is 2. The number of rotatable bonds is 3. The van der Waals surface area contributed by atoms with Gasteiger partial charge in [0.25, 0.3) is 0 Å². The van der Waals surface area contributed by atoms with Gasteiger partial charge < -0.3 is 10.1 Å². The molecule has 16 heavy (non-hydrogen) atoms. The van der Waals surface area contributed by atoms with E-state index in [1.807, 2.05) is 13.1 Å². The molecule has 0 bridgehead atoms. The van der Waals surface area contributed by atoms with E-state index in [1.165, 1.54) is 5.56 Å². The Morgan fingerprint density at radius 3 is 2.50 bits per heavy atom. The van der Waals surface area contributed by atoms with Gasteiger partial charge >= 0.3 is 5.97 Å². The van der Waals surface area contributed by atoms with Crippen LogP contribution in [-0.4, -0.2) is 16.1 Å². The van der Waals surface area contributed by atoms with Crippen LogP contribution in [0.15, 0.2) is 18.3 Å². The Kier molecular flexibility index (Phi) is 2.69. The third-order valence-electron chi connectivity index (χ3n) is 2.97. The highest BCUT2D eigenvalue weighted by Crippen LogP contribution is 2.24. The first-order valence-corrected chi connectivity index (χ1v) is 5.53. The number of aromatic amines is 1. The summed E-state index contributed by atoms with van der Waals surface area (Å²) in [5.74, 6) is -0.861. The van der Waals surface area contributed by atoms with E-state index in [9.17, 15) is 4.79 Å². The number of carboxylic acid groups (broad SMARTS) is 1. The molecule has 2 aromatic rings.